The van der Waals surface area contributed by atoms with E-state index in [9.17, 15) is 9.59 Å². The van der Waals surface area contributed by atoms with Crippen molar-refractivity contribution in [3.63, 3.8) is 0 Å². The number of allylic oxidation sites excluding steroid dienone is 1. The minimum Gasteiger partial charge on any atom is -0.294 e. The highest BCUT2D eigenvalue weighted by molar-refractivity contribution is 7.21. The third-order valence-electron chi connectivity index (χ3n) is 7.79. The second-order valence-electron chi connectivity index (χ2n) is 10.4. The van der Waals surface area contributed by atoms with Crippen LogP contribution in [0.3, 0.4) is 0 Å². The van der Waals surface area contributed by atoms with Crippen LogP contribution in [0.5, 0.6) is 0 Å². The van der Waals surface area contributed by atoms with Crippen molar-refractivity contribution in [3.8, 4) is 27.4 Å². The van der Waals surface area contributed by atoms with Gasteiger partial charge in [0.05, 0.1) is 16.0 Å². The van der Waals surface area contributed by atoms with Crippen molar-refractivity contribution >= 4 is 50.1 Å². The smallest absolute Gasteiger partial charge is 0.197 e. The van der Waals surface area contributed by atoms with E-state index in [1.54, 1.807) is 17.4 Å². The van der Waals surface area contributed by atoms with Crippen molar-refractivity contribution < 1.29 is 9.59 Å². The molecule has 7 aromatic rings. The number of Topliss-reactive ketones (excluding diaryl/α,β-unsaturated/α-hetero) is 2. The van der Waals surface area contributed by atoms with Crippen LogP contribution in [0.2, 0.25) is 0 Å². The molecule has 0 atom stereocenters. The lowest BCUT2D eigenvalue weighted by Gasteiger charge is -2.10. The van der Waals surface area contributed by atoms with Gasteiger partial charge in [0.1, 0.15) is 5.01 Å². The second-order valence-corrected chi connectivity index (χ2v) is 11.4. The van der Waals surface area contributed by atoms with Crippen molar-refractivity contribution in [3.05, 3.63) is 150 Å². The summed E-state index contributed by atoms with van der Waals surface area (Å²) in [5.74, 6) is -0.483. The minimum absolute atomic E-state index is 0.177. The van der Waals surface area contributed by atoms with Crippen LogP contribution in [0.25, 0.3) is 54.6 Å². The summed E-state index contributed by atoms with van der Waals surface area (Å²) in [5.41, 5.74) is 6.82. The van der Waals surface area contributed by atoms with Gasteiger partial charge in [-0.05, 0) is 58.3 Å². The van der Waals surface area contributed by atoms with Gasteiger partial charge in [-0.1, -0.05) is 97.1 Å². The van der Waals surface area contributed by atoms with E-state index in [4.69, 9.17) is 4.98 Å². The van der Waals surface area contributed by atoms with E-state index in [0.717, 1.165) is 54.2 Å². The van der Waals surface area contributed by atoms with E-state index >= 15 is 0 Å². The van der Waals surface area contributed by atoms with Crippen LogP contribution in [0, 0.1) is 0 Å². The number of ketones is 2. The molecule has 0 aliphatic heterocycles. The van der Waals surface area contributed by atoms with E-state index in [2.05, 4.69) is 48.5 Å². The maximum Gasteiger partial charge on any atom is 0.197 e. The Morgan fingerprint density at radius 3 is 1.76 bits per heavy atom. The van der Waals surface area contributed by atoms with Gasteiger partial charge in [0, 0.05) is 22.4 Å². The Bertz CT molecular complexity index is 2150. The highest BCUT2D eigenvalue weighted by Crippen LogP contribution is 2.37. The van der Waals surface area contributed by atoms with Gasteiger partial charge in [0.2, 0.25) is 0 Å². The van der Waals surface area contributed by atoms with Gasteiger partial charge in [-0.25, -0.2) is 4.98 Å². The topological polar surface area (TPSA) is 52.0 Å². The third-order valence-corrected chi connectivity index (χ3v) is 8.83. The third kappa shape index (κ3) is 3.94. The maximum atomic E-state index is 13.6. The molecule has 0 unspecified atom stereocenters. The minimum atomic E-state index is -0.241. The van der Waals surface area contributed by atoms with Crippen LogP contribution in [-0.2, 0) is 0 Å². The molecule has 5 aromatic carbocycles. The summed E-state index contributed by atoms with van der Waals surface area (Å²) in [4.78, 5) is 32.2. The molecule has 4 nitrogen and oxygen atoms in total. The highest BCUT2D eigenvalue weighted by atomic mass is 32.1. The van der Waals surface area contributed by atoms with Gasteiger partial charge in [0.25, 0.3) is 0 Å². The van der Waals surface area contributed by atoms with Crippen molar-refractivity contribution in [2.75, 3.05) is 0 Å². The first-order valence-electron chi connectivity index (χ1n) is 13.7. The summed E-state index contributed by atoms with van der Waals surface area (Å²) in [6.07, 6.45) is 1.73. The van der Waals surface area contributed by atoms with Crippen LogP contribution in [-0.4, -0.2) is 21.1 Å². The number of carbonyl (C=O) groups is 2. The number of aromatic nitrogens is 2. The Hall–Kier alpha value is -5.39. The molecule has 0 radical (unpaired) electrons. The molecule has 198 valence electrons. The molecule has 0 fully saturated rings. The Morgan fingerprint density at radius 2 is 1.14 bits per heavy atom. The fourth-order valence-electron chi connectivity index (χ4n) is 5.70. The standard InChI is InChI=1S/C37H22N2O2S/c40-34-30-19-26-13-7-8-14-27(26)20-31(30)35(41)32(34)21-29-22-33-36(38-37(42-33)25-11-5-2-6-12-25)39(29)28-17-15-24(16-18-28)23-9-3-1-4-10-23/h1-22H. The summed E-state index contributed by atoms with van der Waals surface area (Å²) in [6, 6.07) is 42.1. The number of hydrogen-bond acceptors (Lipinski definition) is 4. The first-order chi connectivity index (χ1) is 20.6. The number of fused-ring (bicyclic) bond motifs is 3. The number of benzene rings is 5. The maximum absolute atomic E-state index is 13.6. The van der Waals surface area contributed by atoms with Crippen LogP contribution in [0.15, 0.2) is 133 Å². The molecule has 2 heterocycles. The molecule has 1 aliphatic rings. The molecule has 2 aromatic heterocycles. The molecule has 0 saturated heterocycles. The van der Waals surface area contributed by atoms with E-state index < -0.39 is 0 Å². The van der Waals surface area contributed by atoms with Crippen LogP contribution in [0.1, 0.15) is 26.4 Å². The molecule has 8 rings (SSSR count). The first kappa shape index (κ1) is 24.4. The quantitative estimate of drug-likeness (QED) is 0.160. The summed E-state index contributed by atoms with van der Waals surface area (Å²) in [5, 5.41) is 2.80. The average Bonchev–Trinajstić information content (AvgIpc) is 3.67. The first-order valence-corrected chi connectivity index (χ1v) is 14.5. The lowest BCUT2D eigenvalue weighted by Crippen LogP contribution is -2.03. The zero-order valence-corrected chi connectivity index (χ0v) is 23.1. The van der Waals surface area contributed by atoms with Gasteiger partial charge in [0.15, 0.2) is 17.2 Å². The molecule has 42 heavy (non-hydrogen) atoms. The van der Waals surface area contributed by atoms with Crippen molar-refractivity contribution in [1.82, 2.24) is 9.55 Å². The molecule has 1 aliphatic carbocycles. The molecule has 0 saturated carbocycles. The lowest BCUT2D eigenvalue weighted by molar-refractivity contribution is 0.0990. The van der Waals surface area contributed by atoms with Crippen molar-refractivity contribution in [2.45, 2.75) is 0 Å². The predicted octanol–water partition coefficient (Wildman–Crippen LogP) is 9.04. The number of carbonyl (C=O) groups excluding carboxylic acids is 2. The lowest BCUT2D eigenvalue weighted by atomic mass is 10.0. The number of hydrogen-bond donors (Lipinski definition) is 0. The Labute approximate surface area is 245 Å². The van der Waals surface area contributed by atoms with Crippen molar-refractivity contribution in [1.29, 1.82) is 0 Å². The Balaban J connectivity index is 1.28. The van der Waals surface area contributed by atoms with Crippen LogP contribution >= 0.6 is 11.3 Å². The summed E-state index contributed by atoms with van der Waals surface area (Å²) in [6.45, 7) is 0. The monoisotopic (exact) mass is 558 g/mol. The Morgan fingerprint density at radius 1 is 0.595 bits per heavy atom. The predicted molar refractivity (Wildman–Crippen MR) is 170 cm³/mol. The largest absolute Gasteiger partial charge is 0.294 e. The molecule has 0 amide bonds. The summed E-state index contributed by atoms with van der Waals surface area (Å²) >= 11 is 1.60. The average molecular weight is 559 g/mol. The van der Waals surface area contributed by atoms with Crippen LogP contribution in [0.4, 0.5) is 0 Å². The van der Waals surface area contributed by atoms with Gasteiger partial charge in [-0.2, -0.15) is 0 Å². The summed E-state index contributed by atoms with van der Waals surface area (Å²) < 4.78 is 3.02. The highest BCUT2D eigenvalue weighted by Gasteiger charge is 2.34. The second kappa shape index (κ2) is 9.61. The fourth-order valence-corrected chi connectivity index (χ4v) is 6.71. The van der Waals surface area contributed by atoms with E-state index in [1.807, 2.05) is 83.4 Å². The van der Waals surface area contributed by atoms with E-state index in [0.29, 0.717) is 11.1 Å². The van der Waals surface area contributed by atoms with Crippen LogP contribution < -0.4 is 0 Å². The zero-order valence-electron chi connectivity index (χ0n) is 22.3. The van der Waals surface area contributed by atoms with E-state index in [-0.39, 0.29) is 17.1 Å². The zero-order chi connectivity index (χ0) is 28.2. The SMILES string of the molecule is O=C1C(=Cc2cc3sc(-c4ccccc4)nc3n2-c2ccc(-c3ccccc3)cc2)C(=O)c2cc3ccccc3cc21. The number of rotatable bonds is 4. The van der Waals surface area contributed by atoms with Gasteiger partial charge < -0.3 is 0 Å². The van der Waals surface area contributed by atoms with E-state index in [1.165, 1.54) is 0 Å². The molecular formula is C37H22N2O2S. The molecule has 5 heteroatoms. The number of thiazole rings is 1. The molecular weight excluding hydrogens is 536 g/mol. The Kier molecular flexibility index (Phi) is 5.59. The molecule has 0 bridgehead atoms. The number of nitrogens with zero attached hydrogens (tertiary/aromatic N) is 2. The van der Waals surface area contributed by atoms with Gasteiger partial charge >= 0.3 is 0 Å². The molecule has 0 spiro atoms. The van der Waals surface area contributed by atoms with Gasteiger partial charge in [-0.3, -0.25) is 14.2 Å². The van der Waals surface area contributed by atoms with Crippen molar-refractivity contribution in [2.24, 2.45) is 0 Å². The summed E-state index contributed by atoms with van der Waals surface area (Å²) in [7, 11) is 0. The normalized spacial score (nSPS) is 12.8. The molecule has 0 N–H and O–H groups in total. The van der Waals surface area contributed by atoms with Gasteiger partial charge in [-0.15, -0.1) is 11.3 Å². The fraction of sp³-hybridized carbons (Fsp3) is 0.